The number of ether oxygens (including phenoxy) is 1. The second kappa shape index (κ2) is 3.85. The van der Waals surface area contributed by atoms with Crippen molar-refractivity contribution in [2.75, 3.05) is 28.3 Å². The second-order valence-corrected chi connectivity index (χ2v) is 1.90. The molecular weight excluding hydrogens is 138 g/mol. The molecule has 0 saturated carbocycles. The number of rotatable bonds is 4. The van der Waals surface area contributed by atoms with Crippen molar-refractivity contribution in [2.45, 2.75) is 6.10 Å². The first kappa shape index (κ1) is 9.80. The Labute approximate surface area is 60.0 Å². The van der Waals surface area contributed by atoms with Gasteiger partial charge in [-0.05, 0) is 14.1 Å². The smallest absolute Gasteiger partial charge is 0.328 e. The summed E-state index contributed by atoms with van der Waals surface area (Å²) in [6.45, 7) is 0. The van der Waals surface area contributed by atoms with Crippen LogP contribution >= 0.6 is 0 Å². The van der Waals surface area contributed by atoms with Gasteiger partial charge in [-0.25, -0.2) is 9.79 Å². The topological polar surface area (TPSA) is 51.2 Å². The molecule has 1 N–H and O–H groups in total. The minimum atomic E-state index is -1.80. The molecule has 0 aromatic rings. The van der Waals surface area contributed by atoms with Crippen LogP contribution in [0.3, 0.4) is 0 Å². The van der Waals surface area contributed by atoms with Gasteiger partial charge in [0.25, 0.3) is 0 Å². The molecule has 0 heterocycles. The maximum Gasteiger partial charge on any atom is 0.377 e. The van der Waals surface area contributed by atoms with Crippen LogP contribution < -0.4 is 0 Å². The van der Waals surface area contributed by atoms with E-state index < -0.39 is 6.10 Å². The fraction of sp³-hybridized carbons (Fsp3) is 1.00. The van der Waals surface area contributed by atoms with Crippen LogP contribution in [0.25, 0.3) is 0 Å². The Morgan fingerprint density at radius 1 is 1.30 bits per heavy atom. The molecule has 10 heavy (non-hydrogen) atoms. The molecule has 0 aromatic carbocycles. The molecule has 0 radical (unpaired) electrons. The van der Waals surface area contributed by atoms with Gasteiger partial charge < -0.3 is 9.84 Å². The largest absolute Gasteiger partial charge is 0.377 e. The van der Waals surface area contributed by atoms with Crippen molar-refractivity contribution < 1.29 is 19.6 Å². The van der Waals surface area contributed by atoms with Gasteiger partial charge in [0.1, 0.15) is 0 Å². The summed E-state index contributed by atoms with van der Waals surface area (Å²) in [4.78, 5) is 9.96. The molecule has 0 saturated heterocycles. The Kier molecular flexibility index (Phi) is 3.77. The second-order valence-electron chi connectivity index (χ2n) is 1.90. The third-order valence-electron chi connectivity index (χ3n) is 1.02. The summed E-state index contributed by atoms with van der Waals surface area (Å²) in [5.74, 6) is 0. The highest BCUT2D eigenvalue weighted by atomic mass is 17.3. The van der Waals surface area contributed by atoms with E-state index in [0.29, 0.717) is 0 Å². The molecule has 0 rings (SSSR count). The van der Waals surface area contributed by atoms with Gasteiger partial charge in [0.15, 0.2) is 0 Å². The molecule has 0 amide bonds. The van der Waals surface area contributed by atoms with Crippen LogP contribution in [0.5, 0.6) is 0 Å². The molecule has 0 fully saturated rings. The fourth-order valence-electron chi connectivity index (χ4n) is 0.400. The molecule has 0 aliphatic carbocycles. The Morgan fingerprint density at radius 3 is 1.90 bits per heavy atom. The molecular formula is C5H13NO4. The molecule has 0 aromatic heterocycles. The zero-order valence-corrected chi connectivity index (χ0v) is 6.62. The number of nitrogens with zero attached hydrogens (tertiary/aromatic N) is 1. The summed E-state index contributed by atoms with van der Waals surface area (Å²) in [6.07, 6.45) is -1.80. The molecule has 0 aliphatic heterocycles. The highest BCUT2D eigenvalue weighted by molar-refractivity contribution is 4.43. The van der Waals surface area contributed by atoms with Gasteiger partial charge in [-0.1, -0.05) is 0 Å². The van der Waals surface area contributed by atoms with E-state index in [-0.39, 0.29) is 0 Å². The van der Waals surface area contributed by atoms with Crippen molar-refractivity contribution >= 4 is 0 Å². The van der Waals surface area contributed by atoms with Gasteiger partial charge in [-0.15, -0.1) is 0 Å². The predicted molar refractivity (Wildman–Crippen MR) is 33.7 cm³/mol. The third-order valence-corrected chi connectivity index (χ3v) is 1.02. The minimum Gasteiger partial charge on any atom is -0.328 e. The lowest BCUT2D eigenvalue weighted by Gasteiger charge is -2.29. The van der Waals surface area contributed by atoms with E-state index >= 15 is 0 Å². The van der Waals surface area contributed by atoms with E-state index in [1.54, 1.807) is 14.1 Å². The van der Waals surface area contributed by atoms with Gasteiger partial charge in [-0.3, -0.25) is 0 Å². The Hall–Kier alpha value is -0.200. The van der Waals surface area contributed by atoms with E-state index in [2.05, 4.69) is 14.5 Å². The first-order valence-corrected chi connectivity index (χ1v) is 2.73. The van der Waals surface area contributed by atoms with Gasteiger partial charge in [-0.2, -0.15) is 4.89 Å². The van der Waals surface area contributed by atoms with Crippen molar-refractivity contribution in [3.63, 3.8) is 0 Å². The van der Waals surface area contributed by atoms with Crippen LogP contribution in [-0.4, -0.2) is 44.4 Å². The average molecular weight is 151 g/mol. The Bertz CT molecular complexity index is 97.6. The molecule has 5 heteroatoms. The fourth-order valence-corrected chi connectivity index (χ4v) is 0.400. The van der Waals surface area contributed by atoms with Crippen molar-refractivity contribution in [3.8, 4) is 0 Å². The van der Waals surface area contributed by atoms with Crippen LogP contribution in [0.15, 0.2) is 0 Å². The lowest BCUT2D eigenvalue weighted by molar-refractivity contribution is -0.525. The zero-order valence-electron chi connectivity index (χ0n) is 6.62. The minimum absolute atomic E-state index is 1.29. The SMILES string of the molecule is COOC(O)(OC)N(C)C. The van der Waals surface area contributed by atoms with Crippen molar-refractivity contribution in [1.82, 2.24) is 4.90 Å². The van der Waals surface area contributed by atoms with E-state index in [9.17, 15) is 5.11 Å². The van der Waals surface area contributed by atoms with Crippen LogP contribution in [0.4, 0.5) is 0 Å². The van der Waals surface area contributed by atoms with Gasteiger partial charge in [0, 0.05) is 7.11 Å². The summed E-state index contributed by atoms with van der Waals surface area (Å²) in [5, 5.41) is 9.25. The van der Waals surface area contributed by atoms with E-state index in [1.807, 2.05) is 0 Å². The average Bonchev–Trinajstić information content (AvgIpc) is 1.88. The van der Waals surface area contributed by atoms with Gasteiger partial charge in [0.05, 0.1) is 7.11 Å². The van der Waals surface area contributed by atoms with Crippen LogP contribution in [-0.2, 0) is 14.5 Å². The molecule has 0 bridgehead atoms. The molecule has 0 spiro atoms. The van der Waals surface area contributed by atoms with Crippen LogP contribution in [0.2, 0.25) is 0 Å². The highest BCUT2D eigenvalue weighted by Gasteiger charge is 2.32. The maximum atomic E-state index is 9.25. The first-order valence-electron chi connectivity index (χ1n) is 2.73. The maximum absolute atomic E-state index is 9.25. The molecule has 1 unspecified atom stereocenters. The lowest BCUT2D eigenvalue weighted by atomic mass is 10.8. The van der Waals surface area contributed by atoms with Crippen molar-refractivity contribution in [3.05, 3.63) is 0 Å². The summed E-state index contributed by atoms with van der Waals surface area (Å²) in [7, 11) is 5.76. The molecule has 62 valence electrons. The predicted octanol–water partition coefficient (Wildman–Crippen LogP) is -0.624. The molecule has 1 atom stereocenters. The Morgan fingerprint density at radius 2 is 1.80 bits per heavy atom. The van der Waals surface area contributed by atoms with E-state index in [1.165, 1.54) is 19.1 Å². The molecule has 5 nitrogen and oxygen atoms in total. The third kappa shape index (κ3) is 2.20. The van der Waals surface area contributed by atoms with Crippen LogP contribution in [0, 0.1) is 0 Å². The summed E-state index contributed by atoms with van der Waals surface area (Å²) >= 11 is 0. The number of aliphatic hydroxyl groups is 1. The summed E-state index contributed by atoms with van der Waals surface area (Å²) < 4.78 is 4.57. The van der Waals surface area contributed by atoms with Crippen LogP contribution in [0.1, 0.15) is 0 Å². The van der Waals surface area contributed by atoms with Gasteiger partial charge >= 0.3 is 6.10 Å². The first-order chi connectivity index (χ1) is 4.56. The number of hydrogen-bond donors (Lipinski definition) is 1. The van der Waals surface area contributed by atoms with E-state index in [0.717, 1.165) is 0 Å². The standard InChI is InChI=1S/C5H13NO4/c1-6(2)5(7,8-3)10-9-4/h7H,1-4H3. The number of methoxy groups -OCH3 is 1. The van der Waals surface area contributed by atoms with Crippen molar-refractivity contribution in [1.29, 1.82) is 0 Å². The van der Waals surface area contributed by atoms with Crippen molar-refractivity contribution in [2.24, 2.45) is 0 Å². The highest BCUT2D eigenvalue weighted by Crippen LogP contribution is 2.09. The normalized spacial score (nSPS) is 17.4. The van der Waals surface area contributed by atoms with E-state index in [4.69, 9.17) is 0 Å². The summed E-state index contributed by atoms with van der Waals surface area (Å²) in [5.41, 5.74) is 0. The monoisotopic (exact) mass is 151 g/mol. The summed E-state index contributed by atoms with van der Waals surface area (Å²) in [6, 6.07) is 0. The molecule has 0 aliphatic rings. The van der Waals surface area contributed by atoms with Gasteiger partial charge in [0.2, 0.25) is 0 Å². The zero-order chi connectivity index (χ0) is 8.20. The Balaban J connectivity index is 3.94. The quantitative estimate of drug-likeness (QED) is 0.329. The number of hydrogen-bond acceptors (Lipinski definition) is 5. The lowest BCUT2D eigenvalue weighted by Crippen LogP contribution is -2.48.